The number of carbonyl (C=O) groups is 2. The molecule has 0 spiro atoms. The number of benzene rings is 1. The van der Waals surface area contributed by atoms with Crippen molar-refractivity contribution in [3.05, 3.63) is 28.7 Å². The summed E-state index contributed by atoms with van der Waals surface area (Å²) >= 11 is 3.33. The van der Waals surface area contributed by atoms with Gasteiger partial charge >= 0.3 is 6.03 Å². The van der Waals surface area contributed by atoms with Gasteiger partial charge in [0.2, 0.25) is 5.91 Å². The number of urea groups is 1. The first kappa shape index (κ1) is 17.7. The van der Waals surface area contributed by atoms with Crippen LogP contribution in [-0.4, -0.2) is 46.2 Å². The van der Waals surface area contributed by atoms with Crippen LogP contribution in [0.1, 0.15) is 27.2 Å². The maximum atomic E-state index is 12.4. The highest BCUT2D eigenvalue weighted by Gasteiger charge is 2.39. The largest absolute Gasteiger partial charge is 0.389 e. The zero-order valence-corrected chi connectivity index (χ0v) is 15.1. The smallest absolute Gasteiger partial charge is 0.319 e. The van der Waals surface area contributed by atoms with Gasteiger partial charge in [-0.2, -0.15) is 0 Å². The molecule has 0 saturated carbocycles. The van der Waals surface area contributed by atoms with Crippen LogP contribution in [-0.2, 0) is 4.79 Å². The van der Waals surface area contributed by atoms with Gasteiger partial charge in [0.15, 0.2) is 0 Å². The number of likely N-dealkylation sites (tertiary alicyclic amines) is 1. The molecule has 2 rings (SSSR count). The first-order chi connectivity index (χ1) is 10.7. The second-order valence-corrected chi connectivity index (χ2v) is 7.44. The highest BCUT2D eigenvalue weighted by atomic mass is 79.9. The molecular weight excluding hydrogens is 362 g/mol. The van der Waals surface area contributed by atoms with Crippen LogP contribution in [0.15, 0.2) is 28.7 Å². The normalized spacial score (nSPS) is 21.4. The molecule has 1 aliphatic rings. The molecule has 7 heteroatoms. The van der Waals surface area contributed by atoms with Gasteiger partial charge in [-0.3, -0.25) is 4.79 Å². The van der Waals surface area contributed by atoms with Crippen molar-refractivity contribution in [3.8, 4) is 0 Å². The number of nitrogens with one attached hydrogen (secondary N) is 2. The lowest BCUT2D eigenvalue weighted by atomic mass is 10.1. The van der Waals surface area contributed by atoms with E-state index in [-0.39, 0.29) is 18.5 Å². The number of β-amino-alcohol motifs (C(OH)–C–C–N with tert-alkyl or cyclic N) is 1. The molecular formula is C16H22BrN3O3. The van der Waals surface area contributed by atoms with Crippen molar-refractivity contribution in [1.82, 2.24) is 10.2 Å². The van der Waals surface area contributed by atoms with Gasteiger partial charge < -0.3 is 20.6 Å². The summed E-state index contributed by atoms with van der Waals surface area (Å²) in [6.45, 7) is 5.49. The predicted molar refractivity (Wildman–Crippen MR) is 92.2 cm³/mol. The molecule has 1 fully saturated rings. The molecule has 1 aromatic carbocycles. The molecule has 0 radical (unpaired) electrons. The molecule has 0 bridgehead atoms. The molecule has 126 valence electrons. The Bertz CT molecular complexity index is 583. The molecule has 1 unspecified atom stereocenters. The van der Waals surface area contributed by atoms with E-state index < -0.39 is 17.7 Å². The lowest BCUT2D eigenvalue weighted by molar-refractivity contribution is -0.133. The molecule has 3 N–H and O–H groups in total. The summed E-state index contributed by atoms with van der Waals surface area (Å²) in [6, 6.07) is 6.18. The van der Waals surface area contributed by atoms with Crippen LogP contribution in [0, 0.1) is 0 Å². The van der Waals surface area contributed by atoms with Crippen molar-refractivity contribution in [2.45, 2.75) is 44.9 Å². The van der Waals surface area contributed by atoms with Crippen molar-refractivity contribution in [1.29, 1.82) is 0 Å². The lowest BCUT2D eigenvalue weighted by Gasteiger charge is -2.28. The Morgan fingerprint density at radius 2 is 2.00 bits per heavy atom. The molecule has 1 aromatic rings. The second-order valence-electron chi connectivity index (χ2n) is 6.52. The molecule has 2 atom stereocenters. The van der Waals surface area contributed by atoms with Crippen LogP contribution in [0.3, 0.4) is 0 Å². The third-order valence-corrected chi connectivity index (χ3v) is 4.18. The maximum Gasteiger partial charge on any atom is 0.319 e. The average Bonchev–Trinajstić information content (AvgIpc) is 2.67. The van der Waals surface area contributed by atoms with Gasteiger partial charge in [0, 0.05) is 22.7 Å². The number of rotatable bonds is 4. The fourth-order valence-electron chi connectivity index (χ4n) is 2.62. The Labute approximate surface area is 144 Å². The summed E-state index contributed by atoms with van der Waals surface area (Å²) in [5.41, 5.74) is -0.309. The third kappa shape index (κ3) is 4.94. The van der Waals surface area contributed by atoms with Gasteiger partial charge in [-0.05, 0) is 51.5 Å². The Kier molecular flexibility index (Phi) is 5.31. The fraction of sp³-hybridized carbons (Fsp3) is 0.500. The van der Waals surface area contributed by atoms with Gasteiger partial charge in [0.25, 0.3) is 0 Å². The van der Waals surface area contributed by atoms with E-state index in [1.165, 1.54) is 0 Å². The lowest BCUT2D eigenvalue weighted by Crippen LogP contribution is -2.47. The maximum absolute atomic E-state index is 12.4. The molecule has 1 heterocycles. The number of halogens is 1. The van der Waals surface area contributed by atoms with Crippen LogP contribution < -0.4 is 10.6 Å². The molecule has 3 amide bonds. The van der Waals surface area contributed by atoms with Crippen LogP contribution in [0.25, 0.3) is 0 Å². The third-order valence-electron chi connectivity index (χ3n) is 3.65. The van der Waals surface area contributed by atoms with E-state index in [0.29, 0.717) is 12.1 Å². The van der Waals surface area contributed by atoms with Gasteiger partial charge in [-0.25, -0.2) is 4.79 Å². The summed E-state index contributed by atoms with van der Waals surface area (Å²) in [6.07, 6.45) is 0.530. The van der Waals surface area contributed by atoms with Crippen molar-refractivity contribution in [3.63, 3.8) is 0 Å². The Morgan fingerprint density at radius 1 is 1.39 bits per heavy atom. The zero-order chi connectivity index (χ0) is 17.2. The number of hydrogen-bond acceptors (Lipinski definition) is 3. The van der Waals surface area contributed by atoms with E-state index in [0.717, 1.165) is 4.47 Å². The minimum Gasteiger partial charge on any atom is -0.389 e. The van der Waals surface area contributed by atoms with E-state index in [1.54, 1.807) is 30.9 Å². The van der Waals surface area contributed by atoms with Crippen LogP contribution in [0.2, 0.25) is 0 Å². The quantitative estimate of drug-likeness (QED) is 0.745. The van der Waals surface area contributed by atoms with E-state index in [2.05, 4.69) is 26.6 Å². The summed E-state index contributed by atoms with van der Waals surface area (Å²) in [5, 5.41) is 15.3. The SMILES string of the molecule is CC1C[C@H](NC(=O)Nc2ccc(Br)cc2)C(=O)N1CC(C)(C)O. The number of amides is 3. The van der Waals surface area contributed by atoms with Crippen molar-refractivity contribution in [2.75, 3.05) is 11.9 Å². The van der Waals surface area contributed by atoms with E-state index in [4.69, 9.17) is 0 Å². The number of nitrogens with zero attached hydrogens (tertiary/aromatic N) is 1. The van der Waals surface area contributed by atoms with Gasteiger partial charge in [-0.1, -0.05) is 15.9 Å². The number of hydrogen-bond donors (Lipinski definition) is 3. The van der Waals surface area contributed by atoms with Crippen molar-refractivity contribution < 1.29 is 14.7 Å². The summed E-state index contributed by atoms with van der Waals surface area (Å²) < 4.78 is 0.922. The minimum atomic E-state index is -0.960. The Balaban J connectivity index is 1.94. The highest BCUT2D eigenvalue weighted by molar-refractivity contribution is 9.10. The van der Waals surface area contributed by atoms with E-state index in [9.17, 15) is 14.7 Å². The Hall–Kier alpha value is -1.60. The number of carbonyl (C=O) groups excluding carboxylic acids is 2. The van der Waals surface area contributed by atoms with Gasteiger partial charge in [0.1, 0.15) is 6.04 Å². The fourth-order valence-corrected chi connectivity index (χ4v) is 2.88. The second kappa shape index (κ2) is 6.88. The minimum absolute atomic E-state index is 0.0214. The van der Waals surface area contributed by atoms with Crippen molar-refractivity contribution in [2.24, 2.45) is 0 Å². The van der Waals surface area contributed by atoms with Gasteiger partial charge in [-0.15, -0.1) is 0 Å². The first-order valence-corrected chi connectivity index (χ1v) is 8.31. The summed E-state index contributed by atoms with van der Waals surface area (Å²) in [5.74, 6) is -0.161. The van der Waals surface area contributed by atoms with E-state index >= 15 is 0 Å². The standard InChI is InChI=1S/C16H22BrN3O3/c1-10-8-13(14(21)20(10)9-16(2,3)23)19-15(22)18-12-6-4-11(17)5-7-12/h4-7,10,13,23H,8-9H2,1-3H3,(H2,18,19,22)/t10?,13-/m0/s1. The molecule has 0 aliphatic carbocycles. The first-order valence-electron chi connectivity index (χ1n) is 7.51. The van der Waals surface area contributed by atoms with Crippen molar-refractivity contribution >= 4 is 33.6 Å². The number of aliphatic hydroxyl groups is 1. The number of anilines is 1. The molecule has 1 aliphatic heterocycles. The molecule has 1 saturated heterocycles. The molecule has 0 aromatic heterocycles. The van der Waals surface area contributed by atoms with E-state index in [1.807, 2.05) is 19.1 Å². The highest BCUT2D eigenvalue weighted by Crippen LogP contribution is 2.22. The summed E-state index contributed by atoms with van der Waals surface area (Å²) in [4.78, 5) is 26.1. The summed E-state index contributed by atoms with van der Waals surface area (Å²) in [7, 11) is 0. The van der Waals surface area contributed by atoms with Gasteiger partial charge in [0.05, 0.1) is 5.60 Å². The monoisotopic (exact) mass is 383 g/mol. The molecule has 23 heavy (non-hydrogen) atoms. The Morgan fingerprint density at radius 3 is 2.57 bits per heavy atom. The zero-order valence-electron chi connectivity index (χ0n) is 13.5. The molecule has 6 nitrogen and oxygen atoms in total. The van der Waals surface area contributed by atoms with Crippen LogP contribution in [0.4, 0.5) is 10.5 Å². The average molecular weight is 384 g/mol. The predicted octanol–water partition coefficient (Wildman–Crippen LogP) is 2.33. The van der Waals surface area contributed by atoms with Crippen LogP contribution in [0.5, 0.6) is 0 Å². The van der Waals surface area contributed by atoms with Crippen LogP contribution >= 0.6 is 15.9 Å². The topological polar surface area (TPSA) is 81.7 Å².